The minimum atomic E-state index is -0.218. The highest BCUT2D eigenvalue weighted by Gasteiger charge is 2.03. The maximum Gasteiger partial charge on any atom is 0.308 e. The van der Waals surface area contributed by atoms with E-state index in [1.54, 1.807) is 0 Å². The number of rotatable bonds is 13. The number of hydrogen-bond donors (Lipinski definition) is 1. The monoisotopic (exact) mass is 277 g/mol. The summed E-state index contributed by atoms with van der Waals surface area (Å²) >= 11 is 0. The van der Waals surface area contributed by atoms with Crippen molar-refractivity contribution in [1.82, 2.24) is 0 Å². The third-order valence-electron chi connectivity index (χ3n) is 2.03. The Bertz CT molecular complexity index is 211. The molecule has 0 unspecified atom stereocenters. The molecular formula is C13H27NO5. The summed E-state index contributed by atoms with van der Waals surface area (Å²) in [6, 6.07) is 0. The lowest BCUT2D eigenvalue weighted by Crippen LogP contribution is -2.15. The standard InChI is InChI=1S/C13H27NO5/c1-12(2)11-19-13(15)3-5-16-7-9-18-10-8-17-6-4-14/h12H,3-11,14H2,1-2H3. The predicted octanol–water partition coefficient (Wildman–Crippen LogP) is 0.584. The number of carbonyl (C=O) groups is 1. The number of hydrogen-bond acceptors (Lipinski definition) is 6. The zero-order valence-electron chi connectivity index (χ0n) is 12.1. The van der Waals surface area contributed by atoms with E-state index in [1.807, 2.05) is 13.8 Å². The van der Waals surface area contributed by atoms with E-state index >= 15 is 0 Å². The van der Waals surface area contributed by atoms with Crippen LogP contribution in [0.1, 0.15) is 20.3 Å². The van der Waals surface area contributed by atoms with Gasteiger partial charge in [0.2, 0.25) is 0 Å². The molecule has 0 saturated carbocycles. The fraction of sp³-hybridized carbons (Fsp3) is 0.923. The van der Waals surface area contributed by atoms with Crippen molar-refractivity contribution in [2.24, 2.45) is 11.7 Å². The Labute approximate surface area is 115 Å². The summed E-state index contributed by atoms with van der Waals surface area (Å²) in [5.74, 6) is 0.143. The molecule has 0 saturated heterocycles. The Morgan fingerprint density at radius 1 is 0.947 bits per heavy atom. The minimum absolute atomic E-state index is 0.218. The van der Waals surface area contributed by atoms with Crippen LogP contribution >= 0.6 is 0 Å². The van der Waals surface area contributed by atoms with Crippen LogP contribution in [0.3, 0.4) is 0 Å². The van der Waals surface area contributed by atoms with Gasteiger partial charge in [-0.15, -0.1) is 0 Å². The molecule has 0 aromatic heterocycles. The molecule has 2 N–H and O–H groups in total. The Balaban J connectivity index is 3.11. The fourth-order valence-electron chi connectivity index (χ4n) is 1.11. The van der Waals surface area contributed by atoms with Crippen LogP contribution in [0.4, 0.5) is 0 Å². The fourth-order valence-corrected chi connectivity index (χ4v) is 1.11. The molecule has 0 fully saturated rings. The maximum atomic E-state index is 11.2. The van der Waals surface area contributed by atoms with Crippen LogP contribution in [-0.2, 0) is 23.7 Å². The molecule has 0 aliphatic rings. The summed E-state index contributed by atoms with van der Waals surface area (Å²) in [6.45, 7) is 7.93. The van der Waals surface area contributed by atoms with Crippen molar-refractivity contribution in [3.05, 3.63) is 0 Å². The molecule has 0 aliphatic carbocycles. The van der Waals surface area contributed by atoms with Crippen LogP contribution in [0.25, 0.3) is 0 Å². The normalized spacial score (nSPS) is 10.9. The third-order valence-corrected chi connectivity index (χ3v) is 2.03. The largest absolute Gasteiger partial charge is 0.465 e. The zero-order valence-corrected chi connectivity index (χ0v) is 12.1. The first-order valence-corrected chi connectivity index (χ1v) is 6.75. The van der Waals surface area contributed by atoms with Gasteiger partial charge in [-0.2, -0.15) is 0 Å². The van der Waals surface area contributed by atoms with Crippen LogP contribution in [0.2, 0.25) is 0 Å². The Morgan fingerprint density at radius 3 is 2.00 bits per heavy atom. The van der Waals surface area contributed by atoms with Crippen molar-refractivity contribution in [2.75, 3.05) is 52.8 Å². The first-order chi connectivity index (χ1) is 9.16. The summed E-state index contributed by atoms with van der Waals surface area (Å²) in [4.78, 5) is 11.2. The molecule has 19 heavy (non-hydrogen) atoms. The lowest BCUT2D eigenvalue weighted by atomic mass is 10.2. The van der Waals surface area contributed by atoms with Crippen LogP contribution in [-0.4, -0.2) is 58.8 Å². The second-order valence-electron chi connectivity index (χ2n) is 4.45. The van der Waals surface area contributed by atoms with Crippen molar-refractivity contribution < 1.29 is 23.7 Å². The molecule has 0 aromatic carbocycles. The van der Waals surface area contributed by atoms with Gasteiger partial charge >= 0.3 is 5.97 Å². The quantitative estimate of drug-likeness (QED) is 0.392. The van der Waals surface area contributed by atoms with E-state index in [0.29, 0.717) is 58.7 Å². The molecule has 0 radical (unpaired) electrons. The summed E-state index contributed by atoms with van der Waals surface area (Å²) < 4.78 is 20.7. The summed E-state index contributed by atoms with van der Waals surface area (Å²) in [6.07, 6.45) is 0.284. The molecule has 0 amide bonds. The molecule has 0 heterocycles. The van der Waals surface area contributed by atoms with Crippen LogP contribution < -0.4 is 5.73 Å². The summed E-state index contributed by atoms with van der Waals surface area (Å²) in [5, 5.41) is 0. The van der Waals surface area contributed by atoms with Crippen LogP contribution in [0.5, 0.6) is 0 Å². The first kappa shape index (κ1) is 18.3. The van der Waals surface area contributed by atoms with Gasteiger partial charge in [-0.05, 0) is 5.92 Å². The highest BCUT2D eigenvalue weighted by molar-refractivity contribution is 5.69. The highest BCUT2D eigenvalue weighted by atomic mass is 16.5. The van der Waals surface area contributed by atoms with Crippen molar-refractivity contribution >= 4 is 5.97 Å². The van der Waals surface area contributed by atoms with Crippen molar-refractivity contribution in [2.45, 2.75) is 20.3 Å². The molecule has 0 spiro atoms. The molecule has 0 atom stereocenters. The second kappa shape index (κ2) is 13.7. The molecule has 0 aliphatic heterocycles. The number of nitrogens with two attached hydrogens (primary N) is 1. The van der Waals surface area contributed by atoms with Gasteiger partial charge in [-0.3, -0.25) is 4.79 Å². The third kappa shape index (κ3) is 15.3. The van der Waals surface area contributed by atoms with Gasteiger partial charge in [0, 0.05) is 6.54 Å². The van der Waals surface area contributed by atoms with E-state index < -0.39 is 0 Å². The van der Waals surface area contributed by atoms with Gasteiger partial charge in [0.05, 0.1) is 52.7 Å². The van der Waals surface area contributed by atoms with Gasteiger partial charge < -0.3 is 24.7 Å². The van der Waals surface area contributed by atoms with E-state index in [4.69, 9.17) is 24.7 Å². The van der Waals surface area contributed by atoms with E-state index in [1.165, 1.54) is 0 Å². The molecule has 114 valence electrons. The topological polar surface area (TPSA) is 80.0 Å². The molecule has 0 aromatic rings. The Kier molecular flexibility index (Phi) is 13.2. The van der Waals surface area contributed by atoms with Crippen molar-refractivity contribution in [3.63, 3.8) is 0 Å². The number of ether oxygens (including phenoxy) is 4. The van der Waals surface area contributed by atoms with E-state index in [2.05, 4.69) is 0 Å². The lowest BCUT2D eigenvalue weighted by Gasteiger charge is -2.08. The lowest BCUT2D eigenvalue weighted by molar-refractivity contribution is -0.146. The van der Waals surface area contributed by atoms with Crippen LogP contribution in [0, 0.1) is 5.92 Å². The van der Waals surface area contributed by atoms with E-state index in [9.17, 15) is 4.79 Å². The molecule has 0 rings (SSSR count). The molecule has 6 heteroatoms. The minimum Gasteiger partial charge on any atom is -0.465 e. The zero-order chi connectivity index (χ0) is 14.3. The second-order valence-corrected chi connectivity index (χ2v) is 4.45. The van der Waals surface area contributed by atoms with Crippen molar-refractivity contribution in [3.8, 4) is 0 Å². The van der Waals surface area contributed by atoms with Gasteiger partial charge in [0.15, 0.2) is 0 Å². The average Bonchev–Trinajstić information content (AvgIpc) is 2.38. The number of carbonyl (C=O) groups excluding carboxylic acids is 1. The predicted molar refractivity (Wildman–Crippen MR) is 71.9 cm³/mol. The van der Waals surface area contributed by atoms with Gasteiger partial charge in [0.25, 0.3) is 0 Å². The first-order valence-electron chi connectivity index (χ1n) is 6.75. The summed E-state index contributed by atoms with van der Waals surface area (Å²) in [5.41, 5.74) is 5.26. The molecular weight excluding hydrogens is 250 g/mol. The molecule has 6 nitrogen and oxygen atoms in total. The summed E-state index contributed by atoms with van der Waals surface area (Å²) in [7, 11) is 0. The van der Waals surface area contributed by atoms with Gasteiger partial charge in [-0.1, -0.05) is 13.8 Å². The highest BCUT2D eigenvalue weighted by Crippen LogP contribution is 1.95. The van der Waals surface area contributed by atoms with Gasteiger partial charge in [-0.25, -0.2) is 0 Å². The van der Waals surface area contributed by atoms with E-state index in [0.717, 1.165) is 0 Å². The molecule has 0 bridgehead atoms. The van der Waals surface area contributed by atoms with Crippen molar-refractivity contribution in [1.29, 1.82) is 0 Å². The Morgan fingerprint density at radius 2 is 1.47 bits per heavy atom. The SMILES string of the molecule is CC(C)COC(=O)CCOCCOCCOCCN. The smallest absolute Gasteiger partial charge is 0.308 e. The average molecular weight is 277 g/mol. The maximum absolute atomic E-state index is 11.2. The Hall–Kier alpha value is -0.690. The number of esters is 1. The van der Waals surface area contributed by atoms with Crippen LogP contribution in [0.15, 0.2) is 0 Å². The van der Waals surface area contributed by atoms with Gasteiger partial charge in [0.1, 0.15) is 0 Å². The van der Waals surface area contributed by atoms with E-state index in [-0.39, 0.29) is 12.4 Å².